The van der Waals surface area contributed by atoms with Crippen LogP contribution in [-0.4, -0.2) is 22.9 Å². The molecule has 1 amide bonds. The third-order valence-electron chi connectivity index (χ3n) is 5.38. The van der Waals surface area contributed by atoms with Crippen molar-refractivity contribution in [2.75, 3.05) is 5.32 Å². The number of ether oxygens (including phenoxy) is 2. The van der Waals surface area contributed by atoms with Gasteiger partial charge in [0.1, 0.15) is 17.9 Å². The minimum absolute atomic E-state index is 0.110. The Bertz CT molecular complexity index is 1170. The van der Waals surface area contributed by atoms with Crippen LogP contribution < -0.4 is 10.1 Å². The second kappa shape index (κ2) is 10.1. The average Bonchev–Trinajstić information content (AvgIpc) is 3.11. The molecule has 0 aliphatic heterocycles. The Balaban J connectivity index is 2.05. The first-order chi connectivity index (χ1) is 15.4. The number of nitrogens with zero attached hydrogens (tertiary/aromatic N) is 2. The van der Waals surface area contributed by atoms with Gasteiger partial charge in [-0.05, 0) is 51.5 Å². The number of aromatic nitrogens is 1. The SMILES string of the molecule is C=CC(C)OC(=O)Nc1cccc(-c2c(C#N)c3ccc(OC(C)CC)cc3n2CC)c1. The summed E-state index contributed by atoms with van der Waals surface area (Å²) < 4.78 is 13.3. The van der Waals surface area contributed by atoms with Crippen LogP contribution in [0.2, 0.25) is 0 Å². The lowest BCUT2D eigenvalue weighted by atomic mass is 10.1. The fourth-order valence-corrected chi connectivity index (χ4v) is 3.57. The van der Waals surface area contributed by atoms with Crippen molar-refractivity contribution in [1.82, 2.24) is 4.57 Å². The van der Waals surface area contributed by atoms with Gasteiger partial charge < -0.3 is 14.0 Å². The number of aryl methyl sites for hydroxylation is 1. The van der Waals surface area contributed by atoms with Crippen molar-refractivity contribution >= 4 is 22.7 Å². The molecule has 6 nitrogen and oxygen atoms in total. The van der Waals surface area contributed by atoms with Gasteiger partial charge in [-0.15, -0.1) is 0 Å². The van der Waals surface area contributed by atoms with E-state index in [1.165, 1.54) is 0 Å². The number of rotatable bonds is 8. The van der Waals surface area contributed by atoms with E-state index in [1.807, 2.05) is 50.2 Å². The largest absolute Gasteiger partial charge is 0.491 e. The molecule has 0 radical (unpaired) electrons. The summed E-state index contributed by atoms with van der Waals surface area (Å²) in [6, 6.07) is 15.6. The van der Waals surface area contributed by atoms with Crippen molar-refractivity contribution in [3.63, 3.8) is 0 Å². The van der Waals surface area contributed by atoms with Gasteiger partial charge in [0, 0.05) is 29.2 Å². The quantitative estimate of drug-likeness (QED) is 0.413. The number of carbonyl (C=O) groups is 1. The summed E-state index contributed by atoms with van der Waals surface area (Å²) in [6.45, 7) is 12.2. The number of hydrogen-bond acceptors (Lipinski definition) is 4. The molecule has 0 saturated carbocycles. The number of nitrogens with one attached hydrogen (secondary N) is 1. The lowest BCUT2D eigenvalue weighted by Crippen LogP contribution is -2.18. The molecule has 0 saturated heterocycles. The second-order valence-electron chi connectivity index (χ2n) is 7.65. The maximum absolute atomic E-state index is 12.1. The van der Waals surface area contributed by atoms with Gasteiger partial charge in [-0.2, -0.15) is 5.26 Å². The lowest BCUT2D eigenvalue weighted by Gasteiger charge is -2.14. The van der Waals surface area contributed by atoms with Crippen LogP contribution in [-0.2, 0) is 11.3 Å². The highest BCUT2D eigenvalue weighted by atomic mass is 16.6. The van der Waals surface area contributed by atoms with Crippen LogP contribution in [0.15, 0.2) is 55.1 Å². The highest BCUT2D eigenvalue weighted by Crippen LogP contribution is 2.36. The van der Waals surface area contributed by atoms with Crippen molar-refractivity contribution in [3.05, 3.63) is 60.7 Å². The molecule has 2 unspecified atom stereocenters. The molecule has 166 valence electrons. The summed E-state index contributed by atoms with van der Waals surface area (Å²) in [5.74, 6) is 0.782. The molecule has 2 atom stereocenters. The lowest BCUT2D eigenvalue weighted by molar-refractivity contribution is 0.142. The van der Waals surface area contributed by atoms with Gasteiger partial charge in [-0.1, -0.05) is 31.7 Å². The van der Waals surface area contributed by atoms with Gasteiger partial charge in [-0.3, -0.25) is 5.32 Å². The van der Waals surface area contributed by atoms with Crippen molar-refractivity contribution < 1.29 is 14.3 Å². The van der Waals surface area contributed by atoms with E-state index < -0.39 is 12.2 Å². The van der Waals surface area contributed by atoms with E-state index in [1.54, 1.807) is 19.1 Å². The molecule has 0 bridgehead atoms. The zero-order valence-corrected chi connectivity index (χ0v) is 19.0. The molecule has 0 spiro atoms. The van der Waals surface area contributed by atoms with Crippen molar-refractivity contribution in [2.24, 2.45) is 0 Å². The first-order valence-corrected chi connectivity index (χ1v) is 10.8. The van der Waals surface area contributed by atoms with Crippen molar-refractivity contribution in [3.8, 4) is 23.1 Å². The Morgan fingerprint density at radius 1 is 1.25 bits per heavy atom. The first kappa shape index (κ1) is 23.0. The van der Waals surface area contributed by atoms with E-state index in [2.05, 4.69) is 29.5 Å². The molecule has 2 aromatic carbocycles. The summed E-state index contributed by atoms with van der Waals surface area (Å²) in [7, 11) is 0. The van der Waals surface area contributed by atoms with E-state index in [-0.39, 0.29) is 6.10 Å². The third kappa shape index (κ3) is 4.78. The molecule has 1 N–H and O–H groups in total. The fraction of sp³-hybridized carbons (Fsp3) is 0.308. The molecule has 1 heterocycles. The van der Waals surface area contributed by atoms with E-state index in [9.17, 15) is 10.1 Å². The van der Waals surface area contributed by atoms with Crippen LogP contribution >= 0.6 is 0 Å². The van der Waals surface area contributed by atoms with Crippen LogP contribution in [0.1, 0.15) is 39.7 Å². The van der Waals surface area contributed by atoms with Crippen LogP contribution in [0.5, 0.6) is 5.75 Å². The molecule has 0 aliphatic carbocycles. The molecule has 1 aromatic heterocycles. The maximum Gasteiger partial charge on any atom is 0.412 e. The zero-order chi connectivity index (χ0) is 23.3. The van der Waals surface area contributed by atoms with Gasteiger partial charge in [0.2, 0.25) is 0 Å². The Hall–Kier alpha value is -3.72. The second-order valence-corrected chi connectivity index (χ2v) is 7.65. The molecule has 0 fully saturated rings. The minimum Gasteiger partial charge on any atom is -0.491 e. The van der Waals surface area contributed by atoms with Crippen molar-refractivity contribution in [2.45, 2.75) is 52.9 Å². The monoisotopic (exact) mass is 431 g/mol. The summed E-state index contributed by atoms with van der Waals surface area (Å²) >= 11 is 0. The van der Waals surface area contributed by atoms with Gasteiger partial charge in [0.25, 0.3) is 0 Å². The standard InChI is InChI=1S/C26H29N3O3/c1-6-17(4)31-21-12-13-22-23(16-27)25(29(8-3)24(22)15-21)19-10-9-11-20(14-19)28-26(30)32-18(5)7-2/h7,9-15,17-18H,2,6,8H2,1,3-5H3,(H,28,30). The Kier molecular flexibility index (Phi) is 7.21. The molecular formula is C26H29N3O3. The molecule has 6 heteroatoms. The van der Waals surface area contributed by atoms with Crippen LogP contribution in [0.3, 0.4) is 0 Å². The number of nitriles is 1. The molecular weight excluding hydrogens is 402 g/mol. The topological polar surface area (TPSA) is 76.3 Å². The van der Waals surface area contributed by atoms with Crippen LogP contribution in [0.25, 0.3) is 22.2 Å². The van der Waals surface area contributed by atoms with Gasteiger partial charge in [0.05, 0.1) is 22.9 Å². The Morgan fingerprint density at radius 3 is 2.69 bits per heavy atom. The van der Waals surface area contributed by atoms with Gasteiger partial charge in [0.15, 0.2) is 0 Å². The van der Waals surface area contributed by atoms with Crippen LogP contribution in [0, 0.1) is 11.3 Å². The normalized spacial score (nSPS) is 12.6. The predicted octanol–water partition coefficient (Wildman–Crippen LogP) is 6.50. The highest BCUT2D eigenvalue weighted by molar-refractivity contribution is 5.96. The van der Waals surface area contributed by atoms with E-state index in [0.29, 0.717) is 17.8 Å². The smallest absolute Gasteiger partial charge is 0.412 e. The Labute approximate surface area is 189 Å². The number of anilines is 1. The minimum atomic E-state index is -0.557. The molecule has 3 aromatic rings. The van der Waals surface area contributed by atoms with Gasteiger partial charge >= 0.3 is 6.09 Å². The Morgan fingerprint density at radius 2 is 2.03 bits per heavy atom. The highest BCUT2D eigenvalue weighted by Gasteiger charge is 2.19. The van der Waals surface area contributed by atoms with E-state index >= 15 is 0 Å². The van der Waals surface area contributed by atoms with Crippen molar-refractivity contribution in [1.29, 1.82) is 5.26 Å². The summed E-state index contributed by atoms with van der Waals surface area (Å²) in [6.07, 6.45) is 1.62. The summed E-state index contributed by atoms with van der Waals surface area (Å²) in [5, 5.41) is 13.6. The first-order valence-electron chi connectivity index (χ1n) is 10.8. The number of amides is 1. The number of hydrogen-bond donors (Lipinski definition) is 1. The number of carbonyl (C=O) groups excluding carboxylic acids is 1. The number of fused-ring (bicyclic) bond motifs is 1. The molecule has 3 rings (SSSR count). The van der Waals surface area contributed by atoms with Crippen LogP contribution in [0.4, 0.5) is 10.5 Å². The molecule has 32 heavy (non-hydrogen) atoms. The van der Waals surface area contributed by atoms with E-state index in [4.69, 9.17) is 9.47 Å². The van der Waals surface area contributed by atoms with Gasteiger partial charge in [-0.25, -0.2) is 4.79 Å². The predicted molar refractivity (Wildman–Crippen MR) is 128 cm³/mol. The van der Waals surface area contributed by atoms with E-state index in [0.717, 1.165) is 34.3 Å². The zero-order valence-electron chi connectivity index (χ0n) is 19.0. The summed E-state index contributed by atoms with van der Waals surface area (Å²) in [4.78, 5) is 12.1. The number of benzene rings is 2. The molecule has 0 aliphatic rings. The fourth-order valence-electron chi connectivity index (χ4n) is 3.57. The average molecular weight is 432 g/mol. The summed E-state index contributed by atoms with van der Waals surface area (Å²) in [5.41, 5.74) is 3.76. The maximum atomic E-state index is 12.1. The third-order valence-corrected chi connectivity index (χ3v) is 5.38.